The number of hydrogen-bond acceptors (Lipinski definition) is 4. The van der Waals surface area contributed by atoms with Gasteiger partial charge in [-0.1, -0.05) is 0 Å². The molecule has 0 spiro atoms. The zero-order chi connectivity index (χ0) is 13.2. The molecular weight excluding hydrogens is 240 g/mol. The highest BCUT2D eigenvalue weighted by atomic mass is 16.3. The summed E-state index contributed by atoms with van der Waals surface area (Å²) in [5.41, 5.74) is 2.59. The number of nitrogens with zero attached hydrogens (tertiary/aromatic N) is 4. The van der Waals surface area contributed by atoms with E-state index in [1.165, 1.54) is 0 Å². The van der Waals surface area contributed by atoms with Gasteiger partial charge in [0.05, 0.1) is 23.6 Å². The Hall–Kier alpha value is -1.90. The van der Waals surface area contributed by atoms with Crippen LogP contribution < -0.4 is 0 Å². The molecule has 98 valence electrons. The number of rotatable bonds is 2. The molecule has 1 aliphatic rings. The third-order valence-electron chi connectivity index (χ3n) is 3.65. The topological polar surface area (TPSA) is 64.6 Å². The zero-order valence-corrected chi connectivity index (χ0v) is 10.7. The first-order valence-corrected chi connectivity index (χ1v) is 6.53. The van der Waals surface area contributed by atoms with Crippen LogP contribution in [-0.2, 0) is 6.54 Å². The summed E-state index contributed by atoms with van der Waals surface area (Å²) in [6.07, 6.45) is 5.21. The average molecular weight is 256 g/mol. The van der Waals surface area contributed by atoms with Crippen molar-refractivity contribution in [2.75, 3.05) is 13.1 Å². The van der Waals surface area contributed by atoms with Crippen molar-refractivity contribution in [3.05, 3.63) is 35.8 Å². The van der Waals surface area contributed by atoms with Crippen molar-refractivity contribution in [3.63, 3.8) is 0 Å². The van der Waals surface area contributed by atoms with E-state index >= 15 is 0 Å². The van der Waals surface area contributed by atoms with E-state index in [2.05, 4.69) is 16.0 Å². The second-order valence-corrected chi connectivity index (χ2v) is 5.01. The van der Waals surface area contributed by atoms with Crippen molar-refractivity contribution in [1.82, 2.24) is 14.3 Å². The number of nitriles is 1. The fraction of sp³-hybridized carbons (Fsp3) is 0.429. The van der Waals surface area contributed by atoms with Gasteiger partial charge in [-0.2, -0.15) is 5.26 Å². The van der Waals surface area contributed by atoms with E-state index in [0.717, 1.165) is 43.8 Å². The van der Waals surface area contributed by atoms with Crippen LogP contribution in [0.1, 0.15) is 24.1 Å². The zero-order valence-electron chi connectivity index (χ0n) is 10.7. The minimum atomic E-state index is -0.149. The Kier molecular flexibility index (Phi) is 3.20. The second-order valence-electron chi connectivity index (χ2n) is 5.01. The number of pyridine rings is 1. The molecule has 1 saturated heterocycles. The van der Waals surface area contributed by atoms with Gasteiger partial charge in [-0.05, 0) is 25.0 Å². The molecule has 0 amide bonds. The maximum atomic E-state index is 9.51. The first-order valence-electron chi connectivity index (χ1n) is 6.53. The highest BCUT2D eigenvalue weighted by Gasteiger charge is 2.18. The average Bonchev–Trinajstić information content (AvgIpc) is 2.84. The van der Waals surface area contributed by atoms with Crippen LogP contribution >= 0.6 is 0 Å². The van der Waals surface area contributed by atoms with Gasteiger partial charge in [0, 0.05) is 25.8 Å². The molecule has 0 radical (unpaired) electrons. The van der Waals surface area contributed by atoms with Gasteiger partial charge in [0.25, 0.3) is 0 Å². The number of aliphatic hydroxyl groups excluding tert-OH is 1. The van der Waals surface area contributed by atoms with E-state index in [0.29, 0.717) is 5.56 Å². The number of likely N-dealkylation sites (tertiary alicyclic amines) is 1. The number of aromatic nitrogens is 2. The van der Waals surface area contributed by atoms with Crippen LogP contribution in [0.5, 0.6) is 0 Å². The molecule has 5 nitrogen and oxygen atoms in total. The summed E-state index contributed by atoms with van der Waals surface area (Å²) in [4.78, 5) is 6.67. The lowest BCUT2D eigenvalue weighted by molar-refractivity contribution is 0.0785. The lowest BCUT2D eigenvalue weighted by Gasteiger charge is -2.29. The largest absolute Gasteiger partial charge is 0.393 e. The molecule has 5 heteroatoms. The standard InChI is InChI=1S/C14H16N4O/c15-7-11-1-2-14-16-8-12(18(14)9-11)10-17-5-3-13(19)4-6-17/h1-2,8-9,13,19H,3-6,10H2. The van der Waals surface area contributed by atoms with Crippen LogP contribution in [0.2, 0.25) is 0 Å². The molecule has 0 atom stereocenters. The van der Waals surface area contributed by atoms with Gasteiger partial charge in [-0.3, -0.25) is 4.90 Å². The molecule has 1 N–H and O–H groups in total. The molecule has 0 saturated carbocycles. The molecule has 0 unspecified atom stereocenters. The number of piperidine rings is 1. The summed E-state index contributed by atoms with van der Waals surface area (Å²) in [5.74, 6) is 0. The summed E-state index contributed by atoms with van der Waals surface area (Å²) in [6, 6.07) is 5.79. The number of hydrogen-bond donors (Lipinski definition) is 1. The Labute approximate surface area is 111 Å². The Bertz CT molecular complexity index is 620. The minimum absolute atomic E-state index is 0.149. The third kappa shape index (κ3) is 2.46. The van der Waals surface area contributed by atoms with Crippen LogP contribution in [0.3, 0.4) is 0 Å². The van der Waals surface area contributed by atoms with Crippen LogP contribution in [-0.4, -0.2) is 38.6 Å². The van der Waals surface area contributed by atoms with Crippen molar-refractivity contribution >= 4 is 5.65 Å². The SMILES string of the molecule is N#Cc1ccc2ncc(CN3CCC(O)CC3)n2c1. The van der Waals surface area contributed by atoms with E-state index in [1.807, 2.05) is 22.9 Å². The summed E-state index contributed by atoms with van der Waals surface area (Å²) >= 11 is 0. The van der Waals surface area contributed by atoms with Crippen LogP contribution in [0, 0.1) is 11.3 Å². The third-order valence-corrected chi connectivity index (χ3v) is 3.65. The quantitative estimate of drug-likeness (QED) is 0.875. The summed E-state index contributed by atoms with van der Waals surface area (Å²) in [7, 11) is 0. The van der Waals surface area contributed by atoms with Gasteiger partial charge < -0.3 is 9.51 Å². The Morgan fingerprint density at radius 2 is 2.16 bits per heavy atom. The fourth-order valence-electron chi connectivity index (χ4n) is 2.52. The number of imidazole rings is 1. The Morgan fingerprint density at radius 1 is 1.37 bits per heavy atom. The van der Waals surface area contributed by atoms with Crippen molar-refractivity contribution in [1.29, 1.82) is 5.26 Å². The summed E-state index contributed by atoms with van der Waals surface area (Å²) < 4.78 is 1.98. The molecule has 1 fully saturated rings. The normalized spacial score (nSPS) is 17.7. The molecule has 1 aliphatic heterocycles. The van der Waals surface area contributed by atoms with Crippen LogP contribution in [0.4, 0.5) is 0 Å². The maximum absolute atomic E-state index is 9.51. The summed E-state index contributed by atoms with van der Waals surface area (Å²) in [6.45, 7) is 2.63. The smallest absolute Gasteiger partial charge is 0.137 e. The molecule has 2 aromatic heterocycles. The number of aliphatic hydroxyl groups is 1. The highest BCUT2D eigenvalue weighted by Crippen LogP contribution is 2.15. The van der Waals surface area contributed by atoms with Gasteiger partial charge in [0.2, 0.25) is 0 Å². The fourth-order valence-corrected chi connectivity index (χ4v) is 2.52. The molecule has 2 aromatic rings. The van der Waals surface area contributed by atoms with Gasteiger partial charge >= 0.3 is 0 Å². The van der Waals surface area contributed by atoms with E-state index in [9.17, 15) is 5.11 Å². The van der Waals surface area contributed by atoms with Gasteiger partial charge in [0.15, 0.2) is 0 Å². The minimum Gasteiger partial charge on any atom is -0.393 e. The number of fused-ring (bicyclic) bond motifs is 1. The van der Waals surface area contributed by atoms with Crippen molar-refractivity contribution in [3.8, 4) is 6.07 Å². The lowest BCUT2D eigenvalue weighted by atomic mass is 10.1. The van der Waals surface area contributed by atoms with Gasteiger partial charge in [0.1, 0.15) is 11.7 Å². The Morgan fingerprint density at radius 3 is 2.89 bits per heavy atom. The van der Waals surface area contributed by atoms with E-state index in [1.54, 1.807) is 6.07 Å². The molecular formula is C14H16N4O. The molecule has 0 aliphatic carbocycles. The first kappa shape index (κ1) is 12.2. The van der Waals surface area contributed by atoms with Crippen LogP contribution in [0.15, 0.2) is 24.5 Å². The second kappa shape index (κ2) is 5.00. The molecule has 3 heterocycles. The van der Waals surface area contributed by atoms with E-state index in [4.69, 9.17) is 5.26 Å². The van der Waals surface area contributed by atoms with Gasteiger partial charge in [-0.15, -0.1) is 0 Å². The van der Waals surface area contributed by atoms with E-state index in [-0.39, 0.29) is 6.10 Å². The molecule has 0 aromatic carbocycles. The predicted octanol–water partition coefficient (Wildman–Crippen LogP) is 1.16. The van der Waals surface area contributed by atoms with Gasteiger partial charge in [-0.25, -0.2) is 4.98 Å². The molecule has 0 bridgehead atoms. The molecule has 19 heavy (non-hydrogen) atoms. The summed E-state index contributed by atoms with van der Waals surface area (Å²) in [5, 5.41) is 18.5. The molecule has 3 rings (SSSR count). The van der Waals surface area contributed by atoms with Crippen molar-refractivity contribution in [2.45, 2.75) is 25.5 Å². The highest BCUT2D eigenvalue weighted by molar-refractivity contribution is 5.44. The van der Waals surface area contributed by atoms with Crippen LogP contribution in [0.25, 0.3) is 5.65 Å². The lowest BCUT2D eigenvalue weighted by Crippen LogP contribution is -2.35. The van der Waals surface area contributed by atoms with Crippen molar-refractivity contribution < 1.29 is 5.11 Å². The monoisotopic (exact) mass is 256 g/mol. The maximum Gasteiger partial charge on any atom is 0.137 e. The van der Waals surface area contributed by atoms with E-state index < -0.39 is 0 Å². The van der Waals surface area contributed by atoms with Crippen molar-refractivity contribution in [2.24, 2.45) is 0 Å². The first-order chi connectivity index (χ1) is 9.26. The Balaban J connectivity index is 1.83. The predicted molar refractivity (Wildman–Crippen MR) is 70.4 cm³/mol.